The maximum atomic E-state index is 10.3. The van der Waals surface area contributed by atoms with Crippen LogP contribution in [0.5, 0.6) is 0 Å². The van der Waals surface area contributed by atoms with Gasteiger partial charge in [0.1, 0.15) is 6.10 Å². The summed E-state index contributed by atoms with van der Waals surface area (Å²) in [6.45, 7) is 4.13. The van der Waals surface area contributed by atoms with E-state index in [4.69, 9.17) is 14.9 Å². The molecule has 1 aliphatic carbocycles. The first-order valence-electron chi connectivity index (χ1n) is 9.71. The molecule has 5 unspecified atom stereocenters. The summed E-state index contributed by atoms with van der Waals surface area (Å²) < 4.78 is 12.3. The van der Waals surface area contributed by atoms with Crippen LogP contribution in [0.25, 0.3) is 0 Å². The number of ether oxygens (including phenoxy) is 2. The van der Waals surface area contributed by atoms with Crippen LogP contribution in [-0.4, -0.2) is 11.7 Å². The summed E-state index contributed by atoms with van der Waals surface area (Å²) >= 11 is 0. The van der Waals surface area contributed by atoms with Crippen molar-refractivity contribution in [2.45, 2.75) is 51.4 Å². The maximum Gasteiger partial charge on any atom is 0.217 e. The van der Waals surface area contributed by atoms with Gasteiger partial charge >= 0.3 is 0 Å². The molecule has 0 spiro atoms. The summed E-state index contributed by atoms with van der Waals surface area (Å²) in [5, 5.41) is 39.2. The third-order valence-electron chi connectivity index (χ3n) is 6.86. The minimum absolute atomic E-state index is 0.301. The lowest BCUT2D eigenvalue weighted by Crippen LogP contribution is -2.60. The number of nitriles is 3. The van der Waals surface area contributed by atoms with Gasteiger partial charge in [-0.25, -0.2) is 0 Å². The third-order valence-corrected chi connectivity index (χ3v) is 6.86. The van der Waals surface area contributed by atoms with Gasteiger partial charge in [-0.05, 0) is 36.3 Å². The molecule has 3 fully saturated rings. The summed E-state index contributed by atoms with van der Waals surface area (Å²) in [6, 6.07) is 14.0. The predicted molar refractivity (Wildman–Crippen MR) is 99.4 cm³/mol. The van der Waals surface area contributed by atoms with E-state index in [0.717, 1.165) is 18.4 Å². The fourth-order valence-electron chi connectivity index (χ4n) is 5.26. The lowest BCUT2D eigenvalue weighted by molar-refractivity contribution is -0.298. The molecule has 0 radical (unpaired) electrons. The Morgan fingerprint density at radius 1 is 1.14 bits per heavy atom. The lowest BCUT2D eigenvalue weighted by Gasteiger charge is -2.52. The average molecular weight is 374 g/mol. The van der Waals surface area contributed by atoms with Crippen LogP contribution in [0.1, 0.15) is 50.3 Å². The van der Waals surface area contributed by atoms with Crippen molar-refractivity contribution in [3.8, 4) is 18.2 Å². The molecule has 3 aliphatic rings. The molecule has 5 atom stereocenters. The molecular formula is C22H22N4O2. The van der Waals surface area contributed by atoms with E-state index >= 15 is 0 Å². The molecule has 1 aromatic rings. The van der Waals surface area contributed by atoms with Crippen molar-refractivity contribution < 1.29 is 9.47 Å². The Morgan fingerprint density at radius 2 is 1.82 bits per heavy atom. The molecule has 0 amide bonds. The van der Waals surface area contributed by atoms with Crippen LogP contribution in [0.2, 0.25) is 0 Å². The standard InChI is InChI=1S/C22H22N4O2/c1-3-15-4-6-16(7-5-15)18-20(11-23,12-24)21(13-25)17-10-14(2)8-9-22(17,27-18)28-19(21)26/h4-7,14,17-18,26H,3,8-10H2,1-2H3. The Bertz CT molecular complexity index is 937. The molecule has 2 aliphatic heterocycles. The molecular weight excluding hydrogens is 352 g/mol. The highest BCUT2D eigenvalue weighted by Gasteiger charge is 2.80. The fourth-order valence-corrected chi connectivity index (χ4v) is 5.26. The van der Waals surface area contributed by atoms with Crippen molar-refractivity contribution in [3.05, 3.63) is 35.4 Å². The molecule has 1 saturated carbocycles. The van der Waals surface area contributed by atoms with Crippen LogP contribution in [0.3, 0.4) is 0 Å². The number of hydrogen-bond acceptors (Lipinski definition) is 6. The Balaban J connectivity index is 1.95. The Labute approximate surface area is 164 Å². The quantitative estimate of drug-likeness (QED) is 0.840. The van der Waals surface area contributed by atoms with Crippen LogP contribution in [0.15, 0.2) is 24.3 Å². The molecule has 4 rings (SSSR count). The molecule has 2 heterocycles. The third kappa shape index (κ3) is 2.00. The molecule has 6 nitrogen and oxygen atoms in total. The van der Waals surface area contributed by atoms with Gasteiger partial charge in [0.05, 0.1) is 24.1 Å². The van der Waals surface area contributed by atoms with E-state index in [1.54, 1.807) is 0 Å². The van der Waals surface area contributed by atoms with Crippen molar-refractivity contribution >= 4 is 5.90 Å². The van der Waals surface area contributed by atoms with E-state index in [1.165, 1.54) is 0 Å². The number of aryl methyl sites for hydroxylation is 1. The second kappa shape index (κ2) is 6.06. The Morgan fingerprint density at radius 3 is 2.39 bits per heavy atom. The van der Waals surface area contributed by atoms with Gasteiger partial charge in [0.15, 0.2) is 5.41 Å². The van der Waals surface area contributed by atoms with Crippen molar-refractivity contribution in [2.75, 3.05) is 0 Å². The predicted octanol–water partition coefficient (Wildman–Crippen LogP) is 4.00. The first-order valence-corrected chi connectivity index (χ1v) is 9.71. The summed E-state index contributed by atoms with van der Waals surface area (Å²) in [5.74, 6) is -1.62. The van der Waals surface area contributed by atoms with Gasteiger partial charge in [0, 0.05) is 6.42 Å². The zero-order valence-electron chi connectivity index (χ0n) is 16.0. The molecule has 0 aromatic heterocycles. The van der Waals surface area contributed by atoms with E-state index in [0.29, 0.717) is 24.3 Å². The Hall–Kier alpha value is -2.88. The van der Waals surface area contributed by atoms with Crippen molar-refractivity contribution in [3.63, 3.8) is 0 Å². The second-order valence-electron chi connectivity index (χ2n) is 8.22. The largest absolute Gasteiger partial charge is 0.447 e. The van der Waals surface area contributed by atoms with E-state index in [2.05, 4.69) is 25.1 Å². The van der Waals surface area contributed by atoms with Crippen LogP contribution in [-0.2, 0) is 15.9 Å². The van der Waals surface area contributed by atoms with E-state index in [9.17, 15) is 15.8 Å². The molecule has 28 heavy (non-hydrogen) atoms. The first-order chi connectivity index (χ1) is 13.4. The number of nitrogens with zero attached hydrogens (tertiary/aromatic N) is 3. The minimum atomic E-state index is -1.85. The molecule has 6 heteroatoms. The van der Waals surface area contributed by atoms with Crippen molar-refractivity contribution in [1.82, 2.24) is 0 Å². The van der Waals surface area contributed by atoms with Gasteiger partial charge < -0.3 is 9.47 Å². The summed E-state index contributed by atoms with van der Waals surface area (Å²) in [5.41, 5.74) is -1.70. The molecule has 2 bridgehead atoms. The summed E-state index contributed by atoms with van der Waals surface area (Å²) in [7, 11) is 0. The topological polar surface area (TPSA) is 114 Å². The lowest BCUT2D eigenvalue weighted by atomic mass is 9.50. The van der Waals surface area contributed by atoms with Gasteiger partial charge in [-0.3, -0.25) is 5.41 Å². The van der Waals surface area contributed by atoms with E-state index < -0.39 is 28.6 Å². The second-order valence-corrected chi connectivity index (χ2v) is 8.22. The smallest absolute Gasteiger partial charge is 0.217 e. The number of nitrogens with one attached hydrogen (secondary N) is 1. The molecule has 2 saturated heterocycles. The highest BCUT2D eigenvalue weighted by atomic mass is 16.7. The van der Waals surface area contributed by atoms with Gasteiger partial charge in [0.2, 0.25) is 17.1 Å². The maximum absolute atomic E-state index is 10.3. The minimum Gasteiger partial charge on any atom is -0.447 e. The number of benzene rings is 1. The number of hydrogen-bond donors (Lipinski definition) is 1. The SMILES string of the molecule is CCc1ccc(C2OC34CCC(C)CC3C(C#N)(C(=N)O4)C2(C#N)C#N)cc1. The summed E-state index contributed by atoms with van der Waals surface area (Å²) in [4.78, 5) is 0. The highest BCUT2D eigenvalue weighted by Crippen LogP contribution is 2.69. The van der Waals surface area contributed by atoms with Gasteiger partial charge in [-0.1, -0.05) is 38.1 Å². The highest BCUT2D eigenvalue weighted by molar-refractivity contribution is 5.89. The summed E-state index contributed by atoms with van der Waals surface area (Å²) in [6.07, 6.45) is 1.89. The van der Waals surface area contributed by atoms with Gasteiger partial charge in [-0.15, -0.1) is 0 Å². The van der Waals surface area contributed by atoms with Crippen LogP contribution in [0, 0.1) is 62.1 Å². The zero-order chi connectivity index (χ0) is 20.2. The molecule has 142 valence electrons. The van der Waals surface area contributed by atoms with Gasteiger partial charge in [-0.2, -0.15) is 15.8 Å². The molecule has 1 N–H and O–H groups in total. The zero-order valence-corrected chi connectivity index (χ0v) is 16.0. The molecule has 1 aromatic carbocycles. The van der Waals surface area contributed by atoms with E-state index in [1.807, 2.05) is 31.2 Å². The van der Waals surface area contributed by atoms with Gasteiger partial charge in [0.25, 0.3) is 0 Å². The normalized spacial score (nSPS) is 37.7. The van der Waals surface area contributed by atoms with Crippen LogP contribution >= 0.6 is 0 Å². The Kier molecular flexibility index (Phi) is 4.00. The average Bonchev–Trinajstić information content (AvgIpc) is 2.92. The number of rotatable bonds is 2. The van der Waals surface area contributed by atoms with Crippen LogP contribution < -0.4 is 0 Å². The van der Waals surface area contributed by atoms with Crippen LogP contribution in [0.4, 0.5) is 0 Å². The fraction of sp³-hybridized carbons (Fsp3) is 0.545. The monoisotopic (exact) mass is 374 g/mol. The van der Waals surface area contributed by atoms with E-state index in [-0.39, 0.29) is 5.90 Å². The first kappa shape index (κ1) is 18.5. The van der Waals surface area contributed by atoms with Crippen molar-refractivity contribution in [2.24, 2.45) is 22.7 Å². The van der Waals surface area contributed by atoms with Crippen molar-refractivity contribution in [1.29, 1.82) is 21.2 Å².